The number of hydrogen-bond acceptors (Lipinski definition) is 4. The second-order valence-electron chi connectivity index (χ2n) is 4.80. The fourth-order valence-electron chi connectivity index (χ4n) is 1.66. The molecule has 10 heteroatoms. The number of nitrogens with zero attached hydrogens (tertiary/aromatic N) is 4. The van der Waals surface area contributed by atoms with Crippen LogP contribution in [0.3, 0.4) is 0 Å². The van der Waals surface area contributed by atoms with E-state index in [1.807, 2.05) is 0 Å². The first-order chi connectivity index (χ1) is 10.6. The normalized spacial score (nSPS) is 11.6. The molecule has 0 N–H and O–H groups in total. The molecule has 0 aliphatic rings. The van der Waals surface area contributed by atoms with Crippen LogP contribution in [0, 0.1) is 0 Å². The lowest BCUT2D eigenvalue weighted by Crippen LogP contribution is -2.23. The molecule has 0 aliphatic carbocycles. The quantitative estimate of drug-likeness (QED) is 0.838. The fourth-order valence-corrected chi connectivity index (χ4v) is 2.71. The van der Waals surface area contributed by atoms with Gasteiger partial charge >= 0.3 is 6.18 Å². The first-order valence-corrected chi connectivity index (χ1v) is 7.44. The van der Waals surface area contributed by atoms with Gasteiger partial charge in [0.25, 0.3) is 5.91 Å². The Hall–Kier alpha value is -1.74. The predicted octanol–water partition coefficient (Wildman–Crippen LogP) is 3.34. The third kappa shape index (κ3) is 3.78. The molecule has 2 aromatic rings. The van der Waals surface area contributed by atoms with Crippen LogP contribution in [-0.4, -0.2) is 39.4 Å². The first kappa shape index (κ1) is 17.6. The number of alkyl halides is 3. The molecular formula is C13H12ClF3N4OS. The average Bonchev–Trinajstić information content (AvgIpc) is 2.80. The van der Waals surface area contributed by atoms with Crippen LogP contribution in [0.25, 0.3) is 0 Å². The van der Waals surface area contributed by atoms with E-state index in [1.54, 1.807) is 21.1 Å². The van der Waals surface area contributed by atoms with Gasteiger partial charge in [0.1, 0.15) is 10.7 Å². The van der Waals surface area contributed by atoms with Crippen LogP contribution in [0.1, 0.15) is 16.1 Å². The van der Waals surface area contributed by atoms with E-state index in [0.29, 0.717) is 17.0 Å². The second-order valence-corrected chi connectivity index (χ2v) is 6.16. The molecule has 0 saturated carbocycles. The Bertz CT molecular complexity index is 745. The number of halogens is 4. The Kier molecular flexibility index (Phi) is 4.90. The van der Waals surface area contributed by atoms with Gasteiger partial charge in [0.05, 0.1) is 16.8 Å². The molecule has 0 aliphatic heterocycles. The number of imidazole rings is 1. The van der Waals surface area contributed by atoms with Crippen LogP contribution in [0.2, 0.25) is 5.02 Å². The van der Waals surface area contributed by atoms with Gasteiger partial charge in [-0.2, -0.15) is 13.2 Å². The summed E-state index contributed by atoms with van der Waals surface area (Å²) >= 11 is 6.84. The second kappa shape index (κ2) is 6.40. The lowest BCUT2D eigenvalue weighted by Gasteiger charge is -2.11. The molecule has 0 bridgehead atoms. The largest absolute Gasteiger partial charge is 0.417 e. The van der Waals surface area contributed by atoms with E-state index in [1.165, 1.54) is 15.7 Å². The monoisotopic (exact) mass is 364 g/mol. The zero-order chi connectivity index (χ0) is 17.4. The molecule has 5 nitrogen and oxygen atoms in total. The molecule has 0 saturated heterocycles. The molecule has 0 atom stereocenters. The molecule has 0 aromatic carbocycles. The van der Waals surface area contributed by atoms with Crippen LogP contribution in [0.4, 0.5) is 13.2 Å². The van der Waals surface area contributed by atoms with Crippen LogP contribution in [0.15, 0.2) is 28.6 Å². The minimum Gasteiger partial charge on any atom is -0.343 e. The van der Waals surface area contributed by atoms with Gasteiger partial charge in [-0.15, -0.1) is 0 Å². The molecule has 2 aromatic heterocycles. The third-order valence-corrected chi connectivity index (χ3v) is 4.37. The standard InChI is InChI=1S/C13H12ClF3N4OS/c1-20(2)11(22)9-6-19-12(21(9)3)23-10-8(14)4-7(5-18-10)13(15,16)17/h4-6H,1-3H3. The molecule has 1 amide bonds. The average molecular weight is 365 g/mol. The number of hydrogen-bond donors (Lipinski definition) is 0. The van der Waals surface area contributed by atoms with Crippen molar-refractivity contribution in [2.45, 2.75) is 16.4 Å². The Morgan fingerprint density at radius 2 is 1.96 bits per heavy atom. The predicted molar refractivity (Wildman–Crippen MR) is 79.6 cm³/mol. The van der Waals surface area contributed by atoms with E-state index < -0.39 is 11.7 Å². The van der Waals surface area contributed by atoms with Crippen molar-refractivity contribution in [3.05, 3.63) is 34.7 Å². The summed E-state index contributed by atoms with van der Waals surface area (Å²) in [5.74, 6) is -0.238. The summed E-state index contributed by atoms with van der Waals surface area (Å²) in [4.78, 5) is 21.2. The molecule has 124 valence electrons. The topological polar surface area (TPSA) is 51.0 Å². The molecule has 0 spiro atoms. The highest BCUT2D eigenvalue weighted by molar-refractivity contribution is 7.99. The van der Waals surface area contributed by atoms with E-state index in [4.69, 9.17) is 11.6 Å². The minimum atomic E-state index is -4.51. The Balaban J connectivity index is 2.29. The number of amides is 1. The SMILES string of the molecule is CN(C)C(=O)c1cnc(Sc2ncc(C(F)(F)F)cc2Cl)n1C. The summed E-state index contributed by atoms with van der Waals surface area (Å²) in [7, 11) is 4.84. The summed E-state index contributed by atoms with van der Waals surface area (Å²) in [6, 6.07) is 0.811. The van der Waals surface area contributed by atoms with Gasteiger partial charge < -0.3 is 9.47 Å². The Morgan fingerprint density at radius 1 is 1.30 bits per heavy atom. The minimum absolute atomic E-state index is 0.131. The molecular weight excluding hydrogens is 353 g/mol. The van der Waals surface area contributed by atoms with Crippen LogP contribution >= 0.6 is 23.4 Å². The van der Waals surface area contributed by atoms with Crippen molar-refractivity contribution in [2.24, 2.45) is 7.05 Å². The number of rotatable bonds is 3. The van der Waals surface area contributed by atoms with Gasteiger partial charge in [-0.1, -0.05) is 11.6 Å². The Morgan fingerprint density at radius 3 is 2.48 bits per heavy atom. The number of carbonyl (C=O) groups is 1. The molecule has 0 radical (unpaired) electrons. The molecule has 23 heavy (non-hydrogen) atoms. The van der Waals surface area contributed by atoms with E-state index in [0.717, 1.165) is 17.8 Å². The fraction of sp³-hybridized carbons (Fsp3) is 0.308. The van der Waals surface area contributed by atoms with Gasteiger partial charge in [0.15, 0.2) is 5.16 Å². The maximum atomic E-state index is 12.6. The highest BCUT2D eigenvalue weighted by Crippen LogP contribution is 2.35. The van der Waals surface area contributed by atoms with Gasteiger partial charge in [-0.3, -0.25) is 4.79 Å². The Labute approximate surface area is 139 Å². The molecule has 0 unspecified atom stereocenters. The first-order valence-electron chi connectivity index (χ1n) is 6.25. The lowest BCUT2D eigenvalue weighted by atomic mass is 10.3. The van der Waals surface area contributed by atoms with Gasteiger partial charge in [0, 0.05) is 27.3 Å². The summed E-state index contributed by atoms with van der Waals surface area (Å²) in [5, 5.41) is 0.440. The van der Waals surface area contributed by atoms with E-state index >= 15 is 0 Å². The zero-order valence-electron chi connectivity index (χ0n) is 12.3. The van der Waals surface area contributed by atoms with Gasteiger partial charge in [-0.05, 0) is 17.8 Å². The lowest BCUT2D eigenvalue weighted by molar-refractivity contribution is -0.137. The molecule has 0 fully saturated rings. The van der Waals surface area contributed by atoms with Gasteiger partial charge in [-0.25, -0.2) is 9.97 Å². The molecule has 2 rings (SSSR count). The van der Waals surface area contributed by atoms with Gasteiger partial charge in [0.2, 0.25) is 0 Å². The molecule has 2 heterocycles. The maximum absolute atomic E-state index is 12.6. The van der Waals surface area contributed by atoms with Crippen LogP contribution < -0.4 is 0 Å². The summed E-state index contributed by atoms with van der Waals surface area (Å²) in [5.41, 5.74) is -0.573. The van der Waals surface area contributed by atoms with Crippen molar-refractivity contribution in [1.82, 2.24) is 19.4 Å². The summed E-state index contributed by atoms with van der Waals surface area (Å²) < 4.78 is 39.3. The number of pyridine rings is 1. The van der Waals surface area contributed by atoms with Crippen molar-refractivity contribution < 1.29 is 18.0 Å². The van der Waals surface area contributed by atoms with Crippen LogP contribution in [0.5, 0.6) is 0 Å². The maximum Gasteiger partial charge on any atom is 0.417 e. The van der Waals surface area contributed by atoms with Crippen molar-refractivity contribution in [2.75, 3.05) is 14.1 Å². The highest BCUT2D eigenvalue weighted by atomic mass is 35.5. The summed E-state index contributed by atoms with van der Waals surface area (Å²) in [6.45, 7) is 0. The van der Waals surface area contributed by atoms with Crippen molar-refractivity contribution in [1.29, 1.82) is 0 Å². The highest BCUT2D eigenvalue weighted by Gasteiger charge is 2.31. The van der Waals surface area contributed by atoms with E-state index in [9.17, 15) is 18.0 Å². The van der Waals surface area contributed by atoms with Crippen molar-refractivity contribution in [3.8, 4) is 0 Å². The zero-order valence-corrected chi connectivity index (χ0v) is 13.9. The van der Waals surface area contributed by atoms with Crippen LogP contribution in [-0.2, 0) is 13.2 Å². The number of aromatic nitrogens is 3. The van der Waals surface area contributed by atoms with Crippen molar-refractivity contribution in [3.63, 3.8) is 0 Å². The summed E-state index contributed by atoms with van der Waals surface area (Å²) in [6.07, 6.45) is -2.40. The van der Waals surface area contributed by atoms with E-state index in [2.05, 4.69) is 9.97 Å². The van der Waals surface area contributed by atoms with E-state index in [-0.39, 0.29) is 16.0 Å². The van der Waals surface area contributed by atoms with Crippen molar-refractivity contribution >= 4 is 29.3 Å². The third-order valence-electron chi connectivity index (χ3n) is 2.89. The smallest absolute Gasteiger partial charge is 0.343 e. The number of carbonyl (C=O) groups excluding carboxylic acids is 1.